The maximum atomic E-state index is 12.4. The van der Waals surface area contributed by atoms with Crippen LogP contribution in [0.25, 0.3) is 0 Å². The molecule has 1 aromatic heterocycles. The summed E-state index contributed by atoms with van der Waals surface area (Å²) in [6, 6.07) is 4.12. The molecule has 1 fully saturated rings. The van der Waals surface area contributed by atoms with Crippen LogP contribution in [0, 0.1) is 0 Å². The zero-order chi connectivity index (χ0) is 13.3. The predicted octanol–water partition coefficient (Wildman–Crippen LogP) is 1.30. The van der Waals surface area contributed by atoms with E-state index in [1.807, 2.05) is 22.4 Å². The van der Waals surface area contributed by atoms with Gasteiger partial charge in [0, 0.05) is 30.1 Å². The molecular weight excluding hydrogens is 246 g/mol. The molecule has 1 aromatic rings. The Morgan fingerprint density at radius 3 is 2.56 bits per heavy atom. The van der Waals surface area contributed by atoms with Crippen LogP contribution in [0.3, 0.4) is 0 Å². The SMILES string of the molecule is CC1CN(C(=O)C(N)c2cccs2)CC(C)N1C. The minimum absolute atomic E-state index is 0.0456. The molecule has 0 aliphatic carbocycles. The fourth-order valence-electron chi connectivity index (χ4n) is 2.37. The quantitative estimate of drug-likeness (QED) is 0.878. The summed E-state index contributed by atoms with van der Waals surface area (Å²) in [6.45, 7) is 5.82. The van der Waals surface area contributed by atoms with Crippen molar-refractivity contribution >= 4 is 17.2 Å². The second-order valence-corrected chi connectivity index (χ2v) is 6.08. The van der Waals surface area contributed by atoms with Crippen LogP contribution in [0.1, 0.15) is 24.8 Å². The van der Waals surface area contributed by atoms with Crippen molar-refractivity contribution in [1.82, 2.24) is 9.80 Å². The fraction of sp³-hybridized carbons (Fsp3) is 0.615. The van der Waals surface area contributed by atoms with E-state index in [9.17, 15) is 4.79 Å². The van der Waals surface area contributed by atoms with E-state index < -0.39 is 6.04 Å². The van der Waals surface area contributed by atoms with Crippen LogP contribution in [0.15, 0.2) is 17.5 Å². The topological polar surface area (TPSA) is 49.6 Å². The van der Waals surface area contributed by atoms with Crippen LogP contribution < -0.4 is 5.73 Å². The molecule has 0 radical (unpaired) electrons. The van der Waals surface area contributed by atoms with Crippen molar-refractivity contribution in [3.63, 3.8) is 0 Å². The molecule has 18 heavy (non-hydrogen) atoms. The molecule has 0 spiro atoms. The van der Waals surface area contributed by atoms with Gasteiger partial charge in [0.1, 0.15) is 6.04 Å². The maximum Gasteiger partial charge on any atom is 0.245 e. The number of hydrogen-bond acceptors (Lipinski definition) is 4. The molecule has 1 aliphatic rings. The van der Waals surface area contributed by atoms with Crippen molar-refractivity contribution in [2.24, 2.45) is 5.73 Å². The van der Waals surface area contributed by atoms with Crippen LogP contribution in [-0.2, 0) is 4.79 Å². The standard InChI is InChI=1S/C13H21N3OS/c1-9-7-16(8-10(2)15(9)3)13(17)12(14)11-5-4-6-18-11/h4-6,9-10,12H,7-8,14H2,1-3H3. The molecule has 3 atom stereocenters. The largest absolute Gasteiger partial charge is 0.338 e. The third-order valence-corrected chi connectivity index (χ3v) is 4.74. The molecule has 1 amide bonds. The van der Waals surface area contributed by atoms with Crippen LogP contribution in [-0.4, -0.2) is 47.9 Å². The summed E-state index contributed by atoms with van der Waals surface area (Å²) in [7, 11) is 2.11. The second kappa shape index (κ2) is 5.38. The highest BCUT2D eigenvalue weighted by molar-refractivity contribution is 7.10. The van der Waals surface area contributed by atoms with Crippen LogP contribution in [0.4, 0.5) is 0 Å². The molecular formula is C13H21N3OS. The molecule has 2 rings (SSSR count). The van der Waals surface area contributed by atoms with E-state index in [0.717, 1.165) is 18.0 Å². The van der Waals surface area contributed by atoms with Crippen LogP contribution in [0.2, 0.25) is 0 Å². The van der Waals surface area contributed by atoms with Gasteiger partial charge in [-0.25, -0.2) is 0 Å². The molecule has 0 aromatic carbocycles. The predicted molar refractivity (Wildman–Crippen MR) is 74.5 cm³/mol. The maximum absolute atomic E-state index is 12.4. The minimum Gasteiger partial charge on any atom is -0.338 e. The molecule has 4 nitrogen and oxygen atoms in total. The van der Waals surface area contributed by atoms with E-state index in [-0.39, 0.29) is 5.91 Å². The Bertz CT molecular complexity index is 394. The number of piperazine rings is 1. The summed E-state index contributed by atoms with van der Waals surface area (Å²) < 4.78 is 0. The van der Waals surface area contributed by atoms with E-state index in [1.165, 1.54) is 0 Å². The van der Waals surface area contributed by atoms with Gasteiger partial charge >= 0.3 is 0 Å². The van der Waals surface area contributed by atoms with Gasteiger partial charge < -0.3 is 10.6 Å². The number of hydrogen-bond donors (Lipinski definition) is 1. The highest BCUT2D eigenvalue weighted by atomic mass is 32.1. The second-order valence-electron chi connectivity index (χ2n) is 5.10. The number of likely N-dealkylation sites (N-methyl/N-ethyl adjacent to an activating group) is 1. The molecule has 5 heteroatoms. The molecule has 0 saturated carbocycles. The molecule has 2 N–H and O–H groups in total. The van der Waals surface area contributed by atoms with Crippen molar-refractivity contribution in [3.05, 3.63) is 22.4 Å². The first-order valence-electron chi connectivity index (χ1n) is 6.30. The lowest BCUT2D eigenvalue weighted by atomic mass is 10.1. The summed E-state index contributed by atoms with van der Waals surface area (Å²) in [5.41, 5.74) is 6.04. The lowest BCUT2D eigenvalue weighted by Crippen LogP contribution is -2.57. The number of rotatable bonds is 2. The lowest BCUT2D eigenvalue weighted by molar-refractivity contribution is -0.136. The van der Waals surface area contributed by atoms with E-state index >= 15 is 0 Å². The first kappa shape index (κ1) is 13.5. The fourth-order valence-corrected chi connectivity index (χ4v) is 3.09. The number of carbonyl (C=O) groups excluding carboxylic acids is 1. The van der Waals surface area contributed by atoms with Gasteiger partial charge in [-0.3, -0.25) is 9.69 Å². The van der Waals surface area contributed by atoms with Crippen molar-refractivity contribution in [2.75, 3.05) is 20.1 Å². The molecule has 0 bridgehead atoms. The molecule has 1 saturated heterocycles. The van der Waals surface area contributed by atoms with Gasteiger partial charge in [-0.05, 0) is 32.3 Å². The van der Waals surface area contributed by atoms with Gasteiger partial charge in [-0.1, -0.05) is 6.07 Å². The molecule has 100 valence electrons. The third kappa shape index (κ3) is 2.58. The van der Waals surface area contributed by atoms with E-state index in [0.29, 0.717) is 12.1 Å². The van der Waals surface area contributed by atoms with Gasteiger partial charge in [0.25, 0.3) is 0 Å². The Balaban J connectivity index is 2.06. The smallest absolute Gasteiger partial charge is 0.245 e. The zero-order valence-electron chi connectivity index (χ0n) is 11.2. The normalized spacial score (nSPS) is 27.2. The third-order valence-electron chi connectivity index (χ3n) is 3.79. The Morgan fingerprint density at radius 1 is 1.44 bits per heavy atom. The average Bonchev–Trinajstić information content (AvgIpc) is 2.87. The Morgan fingerprint density at radius 2 is 2.06 bits per heavy atom. The summed E-state index contributed by atoms with van der Waals surface area (Å²) in [5.74, 6) is 0.0456. The molecule has 3 unspecified atom stereocenters. The number of thiophene rings is 1. The van der Waals surface area contributed by atoms with Crippen molar-refractivity contribution in [1.29, 1.82) is 0 Å². The van der Waals surface area contributed by atoms with Crippen molar-refractivity contribution < 1.29 is 4.79 Å². The monoisotopic (exact) mass is 267 g/mol. The number of amides is 1. The van der Waals surface area contributed by atoms with Crippen LogP contribution >= 0.6 is 11.3 Å². The summed E-state index contributed by atoms with van der Waals surface area (Å²) in [5, 5.41) is 1.96. The van der Waals surface area contributed by atoms with Crippen molar-refractivity contribution in [3.8, 4) is 0 Å². The Labute approximate surface area is 112 Å². The first-order chi connectivity index (χ1) is 8.50. The van der Waals surface area contributed by atoms with Crippen LogP contribution in [0.5, 0.6) is 0 Å². The average molecular weight is 267 g/mol. The first-order valence-corrected chi connectivity index (χ1v) is 7.18. The van der Waals surface area contributed by atoms with Gasteiger partial charge in [-0.2, -0.15) is 0 Å². The van der Waals surface area contributed by atoms with Gasteiger partial charge in [0.2, 0.25) is 5.91 Å². The molecule has 1 aliphatic heterocycles. The number of carbonyl (C=O) groups is 1. The van der Waals surface area contributed by atoms with E-state index in [2.05, 4.69) is 25.8 Å². The van der Waals surface area contributed by atoms with E-state index in [1.54, 1.807) is 11.3 Å². The summed E-state index contributed by atoms with van der Waals surface area (Å²) in [4.78, 5) is 17.5. The van der Waals surface area contributed by atoms with Gasteiger partial charge in [0.05, 0.1) is 0 Å². The zero-order valence-corrected chi connectivity index (χ0v) is 12.0. The summed E-state index contributed by atoms with van der Waals surface area (Å²) >= 11 is 1.54. The minimum atomic E-state index is -0.507. The number of nitrogens with zero attached hydrogens (tertiary/aromatic N) is 2. The van der Waals surface area contributed by atoms with Gasteiger partial charge in [0.15, 0.2) is 0 Å². The van der Waals surface area contributed by atoms with Crippen molar-refractivity contribution in [2.45, 2.75) is 32.0 Å². The highest BCUT2D eigenvalue weighted by Crippen LogP contribution is 2.21. The Hall–Kier alpha value is -0.910. The number of nitrogens with two attached hydrogens (primary N) is 1. The summed E-state index contributed by atoms with van der Waals surface area (Å²) in [6.07, 6.45) is 0. The Kier molecular flexibility index (Phi) is 4.04. The van der Waals surface area contributed by atoms with E-state index in [4.69, 9.17) is 5.73 Å². The van der Waals surface area contributed by atoms with Gasteiger partial charge in [-0.15, -0.1) is 11.3 Å². The lowest BCUT2D eigenvalue weighted by Gasteiger charge is -2.43. The molecule has 2 heterocycles. The highest BCUT2D eigenvalue weighted by Gasteiger charge is 2.32.